The van der Waals surface area contributed by atoms with E-state index in [0.29, 0.717) is 33.5 Å². The van der Waals surface area contributed by atoms with Gasteiger partial charge in [0.25, 0.3) is 5.56 Å². The van der Waals surface area contributed by atoms with Gasteiger partial charge in [-0.3, -0.25) is 9.36 Å². The number of hydrogen-bond donors (Lipinski definition) is 1. The highest BCUT2D eigenvalue weighted by Crippen LogP contribution is 2.26. The molecule has 5 aromatic rings. The fourth-order valence-corrected chi connectivity index (χ4v) is 3.69. The predicted octanol–water partition coefficient (Wildman–Crippen LogP) is 4.37. The van der Waals surface area contributed by atoms with Crippen LogP contribution in [0.25, 0.3) is 38.8 Å². The van der Waals surface area contributed by atoms with Gasteiger partial charge in [0.15, 0.2) is 5.65 Å². The number of alkyl halides is 3. The number of ether oxygens (including phenoxy) is 1. The molecule has 8 nitrogen and oxygen atoms in total. The van der Waals surface area contributed by atoms with Gasteiger partial charge < -0.3 is 10.1 Å². The minimum atomic E-state index is -4.45. The van der Waals surface area contributed by atoms with Gasteiger partial charge in [-0.25, -0.2) is 4.98 Å². The van der Waals surface area contributed by atoms with Crippen LogP contribution in [0.3, 0.4) is 0 Å². The van der Waals surface area contributed by atoms with E-state index in [1.165, 1.54) is 17.9 Å². The predicted molar refractivity (Wildman–Crippen MR) is 125 cm³/mol. The van der Waals surface area contributed by atoms with Crippen LogP contribution in [0.4, 0.5) is 19.1 Å². The summed E-state index contributed by atoms with van der Waals surface area (Å²) in [5.74, 6) is 0.341. The Balaban J connectivity index is 1.73. The van der Waals surface area contributed by atoms with Crippen molar-refractivity contribution < 1.29 is 17.9 Å². The average Bonchev–Trinajstić information content (AvgIpc) is 2.86. The molecule has 0 saturated carbocycles. The van der Waals surface area contributed by atoms with Crippen molar-refractivity contribution in [2.45, 2.75) is 6.18 Å². The van der Waals surface area contributed by atoms with Gasteiger partial charge in [-0.2, -0.15) is 28.4 Å². The van der Waals surface area contributed by atoms with E-state index in [1.54, 1.807) is 54.7 Å². The van der Waals surface area contributed by atoms with Crippen molar-refractivity contribution in [2.24, 2.45) is 0 Å². The third kappa shape index (κ3) is 4.47. The number of pyridine rings is 1. The van der Waals surface area contributed by atoms with Gasteiger partial charge in [-0.05, 0) is 54.1 Å². The topological polar surface area (TPSA) is 94.8 Å². The molecule has 0 radical (unpaired) electrons. The van der Waals surface area contributed by atoms with E-state index in [1.807, 2.05) is 6.07 Å². The first-order chi connectivity index (χ1) is 16.8. The molecule has 0 aliphatic carbocycles. The Morgan fingerprint density at radius 1 is 1.03 bits per heavy atom. The van der Waals surface area contributed by atoms with Gasteiger partial charge in [0.2, 0.25) is 5.95 Å². The van der Waals surface area contributed by atoms with Gasteiger partial charge in [0, 0.05) is 22.5 Å². The maximum absolute atomic E-state index is 13.7. The number of anilines is 1. The van der Waals surface area contributed by atoms with Crippen LogP contribution in [0, 0.1) is 0 Å². The Bertz CT molecular complexity index is 1600. The molecule has 3 aromatic heterocycles. The number of aromatic nitrogens is 5. The van der Waals surface area contributed by atoms with Crippen LogP contribution in [0.2, 0.25) is 0 Å². The maximum atomic E-state index is 13.7. The number of halogens is 3. The van der Waals surface area contributed by atoms with Gasteiger partial charge in [0.1, 0.15) is 12.3 Å². The lowest BCUT2D eigenvalue weighted by molar-refractivity contribution is -0.115. The van der Waals surface area contributed by atoms with E-state index in [9.17, 15) is 18.0 Å². The van der Waals surface area contributed by atoms with Gasteiger partial charge in [-0.1, -0.05) is 6.07 Å². The van der Waals surface area contributed by atoms with Crippen LogP contribution >= 0.6 is 0 Å². The molecule has 0 saturated heterocycles. The lowest BCUT2D eigenvalue weighted by Gasteiger charge is -2.14. The Kier molecular flexibility index (Phi) is 5.51. The number of rotatable bonds is 5. The Hall–Kier alpha value is -4.54. The number of hydrogen-bond acceptors (Lipinski definition) is 7. The third-order valence-corrected chi connectivity index (χ3v) is 5.34. The first kappa shape index (κ1) is 22.3. The molecule has 0 aliphatic heterocycles. The summed E-state index contributed by atoms with van der Waals surface area (Å²) >= 11 is 0. The molecule has 176 valence electrons. The van der Waals surface area contributed by atoms with E-state index >= 15 is 0 Å². The minimum Gasteiger partial charge on any atom is -0.497 e. The molecule has 0 amide bonds. The number of benzene rings is 2. The Morgan fingerprint density at radius 2 is 1.83 bits per heavy atom. The summed E-state index contributed by atoms with van der Waals surface area (Å²) in [7, 11) is 1.52. The van der Waals surface area contributed by atoms with Crippen molar-refractivity contribution in [3.8, 4) is 22.6 Å². The van der Waals surface area contributed by atoms with Crippen LogP contribution < -0.4 is 15.6 Å². The molecule has 0 fully saturated rings. The highest BCUT2D eigenvalue weighted by molar-refractivity contribution is 5.87. The smallest absolute Gasteiger partial charge is 0.405 e. The fraction of sp³-hybridized carbons (Fsp3) is 0.125. The molecule has 35 heavy (non-hydrogen) atoms. The standard InChI is InChI=1S/C24H17F3N6O2/c1-35-18-5-3-17(4-6-18)33-21-16(12-28-23(31-21)29-13-24(25,26)27)11-19(22(33)34)14-2-7-20-15(10-14)8-9-30-32-20/h2-12H,13H2,1H3,(H,28,29,31). The monoisotopic (exact) mass is 478 g/mol. The van der Waals surface area contributed by atoms with E-state index < -0.39 is 18.3 Å². The van der Waals surface area contributed by atoms with Crippen LogP contribution in [0.1, 0.15) is 0 Å². The molecule has 0 bridgehead atoms. The van der Waals surface area contributed by atoms with Crippen LogP contribution in [-0.2, 0) is 0 Å². The zero-order chi connectivity index (χ0) is 24.6. The lowest BCUT2D eigenvalue weighted by Crippen LogP contribution is -2.24. The SMILES string of the molecule is COc1ccc(-n2c(=O)c(-c3ccc4nnccc4c3)cc3cnc(NCC(F)(F)F)nc32)cc1. The maximum Gasteiger partial charge on any atom is 0.405 e. The number of nitrogens with zero attached hydrogens (tertiary/aromatic N) is 5. The summed E-state index contributed by atoms with van der Waals surface area (Å²) in [5.41, 5.74) is 1.91. The van der Waals surface area contributed by atoms with Gasteiger partial charge in [0.05, 0.1) is 24.5 Å². The normalized spacial score (nSPS) is 11.7. The highest BCUT2D eigenvalue weighted by atomic mass is 19.4. The Labute approximate surface area is 196 Å². The molecular weight excluding hydrogens is 461 g/mol. The van der Waals surface area contributed by atoms with Crippen LogP contribution in [-0.4, -0.2) is 44.6 Å². The van der Waals surface area contributed by atoms with E-state index in [2.05, 4.69) is 25.5 Å². The summed E-state index contributed by atoms with van der Waals surface area (Å²) < 4.78 is 44.6. The van der Waals surface area contributed by atoms with Crippen molar-refractivity contribution in [3.05, 3.63) is 77.3 Å². The third-order valence-electron chi connectivity index (χ3n) is 5.34. The fourth-order valence-electron chi connectivity index (χ4n) is 3.69. The average molecular weight is 478 g/mol. The molecule has 5 rings (SSSR count). The van der Waals surface area contributed by atoms with Crippen molar-refractivity contribution in [1.29, 1.82) is 0 Å². The minimum absolute atomic E-state index is 0.162. The van der Waals surface area contributed by atoms with E-state index in [4.69, 9.17) is 4.74 Å². The highest BCUT2D eigenvalue weighted by Gasteiger charge is 2.27. The number of nitrogens with one attached hydrogen (secondary N) is 1. The van der Waals surface area contributed by atoms with Crippen molar-refractivity contribution >= 4 is 27.9 Å². The first-order valence-electron chi connectivity index (χ1n) is 10.4. The molecule has 0 unspecified atom stereocenters. The molecule has 11 heteroatoms. The van der Waals surface area contributed by atoms with Gasteiger partial charge >= 0.3 is 6.18 Å². The summed E-state index contributed by atoms with van der Waals surface area (Å²) in [6.07, 6.45) is -1.50. The summed E-state index contributed by atoms with van der Waals surface area (Å²) in [6, 6.07) is 15.5. The van der Waals surface area contributed by atoms with E-state index in [0.717, 1.165) is 5.39 Å². The summed E-state index contributed by atoms with van der Waals surface area (Å²) in [5, 5.41) is 11.4. The molecule has 1 N–H and O–H groups in total. The van der Waals surface area contributed by atoms with Gasteiger partial charge in [-0.15, -0.1) is 0 Å². The second-order valence-corrected chi connectivity index (χ2v) is 7.64. The molecule has 2 aromatic carbocycles. The van der Waals surface area contributed by atoms with Crippen LogP contribution in [0.5, 0.6) is 5.75 Å². The molecule has 0 atom stereocenters. The van der Waals surface area contributed by atoms with Crippen molar-refractivity contribution in [1.82, 2.24) is 24.7 Å². The zero-order valence-electron chi connectivity index (χ0n) is 18.2. The second-order valence-electron chi connectivity index (χ2n) is 7.64. The molecule has 0 aliphatic rings. The molecular formula is C24H17F3N6O2. The Morgan fingerprint density at radius 3 is 2.57 bits per heavy atom. The first-order valence-corrected chi connectivity index (χ1v) is 10.4. The number of methoxy groups -OCH3 is 1. The molecule has 3 heterocycles. The lowest BCUT2D eigenvalue weighted by atomic mass is 10.0. The summed E-state index contributed by atoms with van der Waals surface area (Å²) in [6.45, 7) is -1.30. The zero-order valence-corrected chi connectivity index (χ0v) is 18.2. The quantitative estimate of drug-likeness (QED) is 0.401. The number of fused-ring (bicyclic) bond motifs is 2. The van der Waals surface area contributed by atoms with Crippen LogP contribution in [0.15, 0.2) is 71.8 Å². The van der Waals surface area contributed by atoms with E-state index in [-0.39, 0.29) is 11.6 Å². The summed E-state index contributed by atoms with van der Waals surface area (Å²) in [4.78, 5) is 22.0. The molecule has 0 spiro atoms. The largest absolute Gasteiger partial charge is 0.497 e. The second kappa shape index (κ2) is 8.67. The van der Waals surface area contributed by atoms with Crippen molar-refractivity contribution in [2.75, 3.05) is 19.0 Å². The van der Waals surface area contributed by atoms with Crippen molar-refractivity contribution in [3.63, 3.8) is 0 Å².